The maximum absolute atomic E-state index is 5.17. The van der Waals surface area contributed by atoms with Crippen LogP contribution in [-0.2, 0) is 13.1 Å². The van der Waals surface area contributed by atoms with Gasteiger partial charge in [0, 0.05) is 49.1 Å². The molecule has 0 aliphatic rings. The average molecular weight is 465 g/mol. The summed E-state index contributed by atoms with van der Waals surface area (Å²) in [7, 11) is 0. The summed E-state index contributed by atoms with van der Waals surface area (Å²) in [6.07, 6.45) is 8.00. The van der Waals surface area contributed by atoms with E-state index < -0.39 is 0 Å². The van der Waals surface area contributed by atoms with E-state index in [1.165, 1.54) is 17.6 Å². The molecular formula is C27H56N6. The van der Waals surface area contributed by atoms with Crippen LogP contribution in [-0.4, -0.2) is 31.8 Å². The van der Waals surface area contributed by atoms with Crippen LogP contribution in [0.25, 0.3) is 0 Å². The zero-order chi connectivity index (χ0) is 26.7. The second-order valence-electron chi connectivity index (χ2n) is 6.19. The highest BCUT2D eigenvalue weighted by atomic mass is 15.3. The first-order valence-corrected chi connectivity index (χ1v) is 12.9. The smallest absolute Gasteiger partial charge is 0.0492 e. The Hall–Kier alpha value is -2.37. The Balaban J connectivity index is -0.000000172. The molecule has 0 radical (unpaired) electrons. The Kier molecular flexibility index (Phi) is 34.0. The number of nitrogens with zero attached hydrogens (tertiary/aromatic N) is 5. The summed E-state index contributed by atoms with van der Waals surface area (Å²) >= 11 is 0. The van der Waals surface area contributed by atoms with E-state index >= 15 is 0 Å². The van der Waals surface area contributed by atoms with Gasteiger partial charge in [-0.2, -0.15) is 10.2 Å². The summed E-state index contributed by atoms with van der Waals surface area (Å²) in [5.74, 6) is 0.586. The Morgan fingerprint density at radius 2 is 1.39 bits per heavy atom. The molecule has 6 nitrogen and oxygen atoms in total. The van der Waals surface area contributed by atoms with Gasteiger partial charge in [0.2, 0.25) is 0 Å². The quantitative estimate of drug-likeness (QED) is 0.446. The number of aryl methyl sites for hydroxylation is 3. The first-order chi connectivity index (χ1) is 15.9. The molecule has 2 N–H and O–H groups in total. The van der Waals surface area contributed by atoms with Crippen LogP contribution < -0.4 is 5.73 Å². The lowest BCUT2D eigenvalue weighted by Crippen LogP contribution is -2.03. The Labute approximate surface area is 206 Å². The second kappa shape index (κ2) is 29.6. The zero-order valence-electron chi connectivity index (χ0n) is 24.2. The van der Waals surface area contributed by atoms with E-state index in [-0.39, 0.29) is 0 Å². The van der Waals surface area contributed by atoms with E-state index in [4.69, 9.17) is 5.73 Å². The van der Waals surface area contributed by atoms with Crippen molar-refractivity contribution in [2.24, 2.45) is 10.7 Å². The third kappa shape index (κ3) is 20.0. The van der Waals surface area contributed by atoms with E-state index in [9.17, 15) is 0 Å². The van der Waals surface area contributed by atoms with E-state index in [2.05, 4.69) is 62.8 Å². The van der Waals surface area contributed by atoms with Crippen molar-refractivity contribution in [3.05, 3.63) is 48.2 Å². The molecule has 194 valence electrons. The highest BCUT2D eigenvalue weighted by molar-refractivity contribution is 5.94. The fourth-order valence-corrected chi connectivity index (χ4v) is 2.42. The van der Waals surface area contributed by atoms with E-state index in [0.29, 0.717) is 5.92 Å². The largest absolute Gasteiger partial charge is 0.405 e. The molecule has 0 aliphatic carbocycles. The van der Waals surface area contributed by atoms with Crippen molar-refractivity contribution >= 4 is 5.71 Å². The molecule has 0 aliphatic heterocycles. The van der Waals surface area contributed by atoms with Crippen LogP contribution in [0.1, 0.15) is 107 Å². The summed E-state index contributed by atoms with van der Waals surface area (Å²) in [6.45, 7) is 29.5. The third-order valence-corrected chi connectivity index (χ3v) is 3.88. The van der Waals surface area contributed by atoms with Crippen molar-refractivity contribution in [3.8, 4) is 0 Å². The van der Waals surface area contributed by atoms with Crippen LogP contribution in [0.4, 0.5) is 0 Å². The molecule has 0 saturated heterocycles. The summed E-state index contributed by atoms with van der Waals surface area (Å²) in [5.41, 5.74) is 8.79. The lowest BCUT2D eigenvalue weighted by atomic mass is 10.1. The van der Waals surface area contributed by atoms with Gasteiger partial charge in [0.05, 0.1) is 0 Å². The molecule has 0 amide bonds. The normalized spacial score (nSPS) is 9.70. The molecule has 0 fully saturated rings. The molecule has 2 aromatic heterocycles. The molecular weight excluding hydrogens is 408 g/mol. The fourth-order valence-electron chi connectivity index (χ4n) is 2.42. The molecule has 2 rings (SSSR count). The van der Waals surface area contributed by atoms with E-state index in [0.717, 1.165) is 31.8 Å². The molecule has 33 heavy (non-hydrogen) atoms. The average Bonchev–Trinajstić information content (AvgIpc) is 3.52. The van der Waals surface area contributed by atoms with Crippen molar-refractivity contribution in [3.63, 3.8) is 0 Å². The standard InChI is InChI=1S/C8H14N2.C7H14N2.C6H10N2.3C2H6/c1-4-10-8(7(2)3)5-6-9-10;1-3-7(5-6-8)9-4-2;1-3-8-6(2)4-5-7-8;3*1-2/h5-7H,4H2,1-3H3;5-6H,3-4,8H2,1-2H3;4-5H,3H2,1-2H3;3*1-2H3/b;6-5-,9-7?;;;;. The number of hydrogen-bond acceptors (Lipinski definition) is 4. The molecule has 0 unspecified atom stereocenters. The minimum atomic E-state index is 0.586. The van der Waals surface area contributed by atoms with Gasteiger partial charge in [-0.05, 0) is 64.4 Å². The molecule has 0 atom stereocenters. The van der Waals surface area contributed by atoms with Gasteiger partial charge >= 0.3 is 0 Å². The van der Waals surface area contributed by atoms with Gasteiger partial charge in [-0.15, -0.1) is 0 Å². The topological polar surface area (TPSA) is 74.0 Å². The second-order valence-corrected chi connectivity index (χ2v) is 6.19. The van der Waals surface area contributed by atoms with Crippen LogP contribution in [0.15, 0.2) is 41.8 Å². The predicted molar refractivity (Wildman–Crippen MR) is 150 cm³/mol. The highest BCUT2D eigenvalue weighted by Gasteiger charge is 2.03. The maximum Gasteiger partial charge on any atom is 0.0492 e. The molecule has 0 saturated carbocycles. The summed E-state index contributed by atoms with van der Waals surface area (Å²) in [4.78, 5) is 4.18. The number of allylic oxidation sites excluding steroid dienone is 1. The number of aromatic nitrogens is 4. The number of hydrogen-bond donors (Lipinski definition) is 1. The minimum Gasteiger partial charge on any atom is -0.405 e. The van der Waals surface area contributed by atoms with Crippen molar-refractivity contribution in [1.82, 2.24) is 19.6 Å². The zero-order valence-corrected chi connectivity index (χ0v) is 24.2. The van der Waals surface area contributed by atoms with Crippen molar-refractivity contribution < 1.29 is 0 Å². The number of aliphatic imine (C=N–C) groups is 1. The van der Waals surface area contributed by atoms with Crippen LogP contribution in [0.5, 0.6) is 0 Å². The van der Waals surface area contributed by atoms with Crippen LogP contribution >= 0.6 is 0 Å². The van der Waals surface area contributed by atoms with Gasteiger partial charge in [-0.25, -0.2) is 0 Å². The lowest BCUT2D eigenvalue weighted by molar-refractivity contribution is 0.598. The van der Waals surface area contributed by atoms with Crippen molar-refractivity contribution in [1.29, 1.82) is 0 Å². The molecule has 0 aromatic carbocycles. The third-order valence-electron chi connectivity index (χ3n) is 3.88. The molecule has 0 spiro atoms. The molecule has 2 heterocycles. The summed E-state index contributed by atoms with van der Waals surface area (Å²) in [6, 6.07) is 4.08. The van der Waals surface area contributed by atoms with Crippen LogP contribution in [0.2, 0.25) is 0 Å². The Morgan fingerprint density at radius 1 is 0.909 bits per heavy atom. The van der Waals surface area contributed by atoms with Crippen LogP contribution in [0, 0.1) is 6.92 Å². The first kappa shape index (κ1) is 37.9. The lowest BCUT2D eigenvalue weighted by Gasteiger charge is -2.06. The summed E-state index contributed by atoms with van der Waals surface area (Å²) < 4.78 is 3.99. The summed E-state index contributed by atoms with van der Waals surface area (Å²) in [5, 5.41) is 8.22. The molecule has 2 aromatic rings. The monoisotopic (exact) mass is 464 g/mol. The number of nitrogens with two attached hydrogens (primary N) is 1. The number of rotatable bonds is 6. The van der Waals surface area contributed by atoms with Gasteiger partial charge in [0.25, 0.3) is 0 Å². The fraction of sp³-hybridized carbons (Fsp3) is 0.667. The van der Waals surface area contributed by atoms with Gasteiger partial charge in [-0.1, -0.05) is 62.3 Å². The van der Waals surface area contributed by atoms with Gasteiger partial charge in [-0.3, -0.25) is 14.4 Å². The van der Waals surface area contributed by atoms with Gasteiger partial charge in [0.1, 0.15) is 0 Å². The van der Waals surface area contributed by atoms with Gasteiger partial charge < -0.3 is 5.73 Å². The Morgan fingerprint density at radius 3 is 1.67 bits per heavy atom. The first-order valence-electron chi connectivity index (χ1n) is 12.9. The Bertz CT molecular complexity index is 666. The predicted octanol–water partition coefficient (Wildman–Crippen LogP) is 7.65. The van der Waals surface area contributed by atoms with Crippen molar-refractivity contribution in [2.45, 2.75) is 115 Å². The van der Waals surface area contributed by atoms with E-state index in [1.807, 2.05) is 82.4 Å². The molecule has 0 bridgehead atoms. The maximum atomic E-state index is 5.17. The SMILES string of the molecule is CC.CC.CC.CCN=C(/C=C\N)CC.CCn1nccc1C.CCn1nccc1C(C)C. The van der Waals surface area contributed by atoms with Crippen LogP contribution in [0.3, 0.4) is 0 Å². The highest BCUT2D eigenvalue weighted by Crippen LogP contribution is 2.12. The van der Waals surface area contributed by atoms with E-state index in [1.54, 1.807) is 0 Å². The van der Waals surface area contributed by atoms with Gasteiger partial charge in [0.15, 0.2) is 0 Å². The van der Waals surface area contributed by atoms with Crippen molar-refractivity contribution in [2.75, 3.05) is 6.54 Å². The molecule has 6 heteroatoms. The minimum absolute atomic E-state index is 0.586.